The summed E-state index contributed by atoms with van der Waals surface area (Å²) >= 11 is 0. The zero-order chi connectivity index (χ0) is 25.3. The van der Waals surface area contributed by atoms with Crippen molar-refractivity contribution in [2.45, 2.75) is 65.3 Å². The second-order valence-corrected chi connectivity index (χ2v) is 9.39. The fraction of sp³-hybridized carbons (Fsp3) is 0.423. The minimum Gasteiger partial charge on any atom is -0.489 e. The van der Waals surface area contributed by atoms with Crippen molar-refractivity contribution in [3.05, 3.63) is 65.7 Å². The lowest BCUT2D eigenvalue weighted by Crippen LogP contribution is -2.54. The Bertz CT molecular complexity index is 969. The molecule has 0 aliphatic heterocycles. The fourth-order valence-electron chi connectivity index (χ4n) is 3.17. The van der Waals surface area contributed by atoms with Gasteiger partial charge in [0.2, 0.25) is 5.91 Å². The average molecular weight is 471 g/mol. The lowest BCUT2D eigenvalue weighted by atomic mass is 10.0. The Morgan fingerprint density at radius 1 is 0.941 bits per heavy atom. The van der Waals surface area contributed by atoms with Crippen molar-refractivity contribution in [1.82, 2.24) is 10.6 Å². The summed E-state index contributed by atoms with van der Waals surface area (Å²) in [6.45, 7) is 9.05. The minimum atomic E-state index is -1.18. The van der Waals surface area contributed by atoms with E-state index in [2.05, 4.69) is 10.6 Å². The third-order valence-corrected chi connectivity index (χ3v) is 4.82. The van der Waals surface area contributed by atoms with Gasteiger partial charge in [0.25, 0.3) is 0 Å². The first-order chi connectivity index (χ1) is 15.9. The van der Waals surface area contributed by atoms with Crippen LogP contribution in [0.3, 0.4) is 0 Å². The summed E-state index contributed by atoms with van der Waals surface area (Å²) in [5, 5.41) is 14.8. The van der Waals surface area contributed by atoms with E-state index in [1.165, 1.54) is 0 Å². The third kappa shape index (κ3) is 9.13. The second kappa shape index (κ2) is 12.1. The molecule has 8 nitrogen and oxygen atoms in total. The number of rotatable bonds is 10. The van der Waals surface area contributed by atoms with Crippen LogP contribution in [0.2, 0.25) is 0 Å². The Morgan fingerprint density at radius 2 is 1.59 bits per heavy atom. The van der Waals surface area contributed by atoms with E-state index < -0.39 is 35.7 Å². The van der Waals surface area contributed by atoms with E-state index in [9.17, 15) is 19.5 Å². The third-order valence-electron chi connectivity index (χ3n) is 4.82. The lowest BCUT2D eigenvalue weighted by molar-refractivity contribution is -0.142. The van der Waals surface area contributed by atoms with Gasteiger partial charge < -0.3 is 25.2 Å². The zero-order valence-electron chi connectivity index (χ0n) is 20.3. The monoisotopic (exact) mass is 470 g/mol. The number of amides is 2. The minimum absolute atomic E-state index is 0.0564. The van der Waals surface area contributed by atoms with Gasteiger partial charge in [0.05, 0.1) is 0 Å². The molecule has 3 N–H and O–H groups in total. The van der Waals surface area contributed by atoms with Crippen molar-refractivity contribution < 1.29 is 29.0 Å². The van der Waals surface area contributed by atoms with E-state index in [1.54, 1.807) is 58.9 Å². The van der Waals surface area contributed by atoms with Crippen molar-refractivity contribution in [2.75, 3.05) is 0 Å². The SMILES string of the molecule is CC(C)[C@H](NC(=O)OC(C)(C)C)C(=O)N[C@@H](Cc1cccc(OCc2ccccc2)c1)C(=O)O. The number of alkyl carbamates (subject to hydrolysis) is 1. The number of aliphatic carboxylic acids is 1. The number of hydrogen-bond donors (Lipinski definition) is 3. The number of carboxylic acids is 1. The Hall–Kier alpha value is -3.55. The number of nitrogens with one attached hydrogen (secondary N) is 2. The zero-order valence-corrected chi connectivity index (χ0v) is 20.3. The Balaban J connectivity index is 2.04. The molecule has 34 heavy (non-hydrogen) atoms. The molecule has 0 saturated heterocycles. The normalized spacial score (nSPS) is 13.0. The highest BCUT2D eigenvalue weighted by molar-refractivity contribution is 5.89. The van der Waals surface area contributed by atoms with Crippen LogP contribution in [0.25, 0.3) is 0 Å². The van der Waals surface area contributed by atoms with E-state index in [4.69, 9.17) is 9.47 Å². The molecule has 0 spiro atoms. The van der Waals surface area contributed by atoms with Crippen LogP contribution in [0, 0.1) is 5.92 Å². The smallest absolute Gasteiger partial charge is 0.408 e. The maximum Gasteiger partial charge on any atom is 0.408 e. The summed E-state index contributed by atoms with van der Waals surface area (Å²) in [6.07, 6.45) is -0.683. The molecule has 2 rings (SSSR count). The first-order valence-corrected chi connectivity index (χ1v) is 11.2. The molecule has 0 heterocycles. The molecule has 0 fully saturated rings. The summed E-state index contributed by atoms with van der Waals surface area (Å²) in [5.41, 5.74) is 0.986. The molecule has 2 aromatic carbocycles. The van der Waals surface area contributed by atoms with Crippen molar-refractivity contribution in [3.8, 4) is 5.75 Å². The van der Waals surface area contributed by atoms with E-state index in [0.29, 0.717) is 17.9 Å². The molecule has 0 aliphatic carbocycles. The highest BCUT2D eigenvalue weighted by Gasteiger charge is 2.30. The highest BCUT2D eigenvalue weighted by Crippen LogP contribution is 2.17. The van der Waals surface area contributed by atoms with Crippen molar-refractivity contribution >= 4 is 18.0 Å². The van der Waals surface area contributed by atoms with Gasteiger partial charge in [-0.25, -0.2) is 9.59 Å². The summed E-state index contributed by atoms with van der Waals surface area (Å²) in [6, 6.07) is 14.7. The van der Waals surface area contributed by atoms with Crippen LogP contribution in [0.15, 0.2) is 54.6 Å². The highest BCUT2D eigenvalue weighted by atomic mass is 16.6. The van der Waals surface area contributed by atoms with Crippen molar-refractivity contribution in [1.29, 1.82) is 0 Å². The first kappa shape index (κ1) is 26.7. The molecule has 184 valence electrons. The van der Waals surface area contributed by atoms with Crippen LogP contribution in [0.1, 0.15) is 45.7 Å². The second-order valence-electron chi connectivity index (χ2n) is 9.39. The topological polar surface area (TPSA) is 114 Å². The Labute approximate surface area is 200 Å². The van der Waals surface area contributed by atoms with E-state index in [1.807, 2.05) is 30.3 Å². The van der Waals surface area contributed by atoms with Gasteiger partial charge in [0, 0.05) is 6.42 Å². The van der Waals surface area contributed by atoms with Crippen LogP contribution in [-0.4, -0.2) is 40.8 Å². The van der Waals surface area contributed by atoms with Crippen LogP contribution in [0.4, 0.5) is 4.79 Å². The van der Waals surface area contributed by atoms with Gasteiger partial charge >= 0.3 is 12.1 Å². The molecule has 0 aromatic heterocycles. The molecule has 0 unspecified atom stereocenters. The number of hydrogen-bond acceptors (Lipinski definition) is 5. The number of carboxylic acid groups (broad SMARTS) is 1. The van der Waals surface area contributed by atoms with Crippen molar-refractivity contribution in [2.24, 2.45) is 5.92 Å². The van der Waals surface area contributed by atoms with E-state index >= 15 is 0 Å². The molecule has 0 radical (unpaired) electrons. The van der Waals surface area contributed by atoms with Gasteiger partial charge in [-0.15, -0.1) is 0 Å². The van der Waals surface area contributed by atoms with Crippen LogP contribution < -0.4 is 15.4 Å². The summed E-state index contributed by atoms with van der Waals surface area (Å²) in [7, 11) is 0. The van der Waals surface area contributed by atoms with Crippen LogP contribution in [-0.2, 0) is 27.4 Å². The summed E-state index contributed by atoms with van der Waals surface area (Å²) in [5.74, 6) is -1.45. The van der Waals surface area contributed by atoms with Gasteiger partial charge in [-0.2, -0.15) is 0 Å². The number of carbonyl (C=O) groups excluding carboxylic acids is 2. The standard InChI is InChI=1S/C26H34N2O6/c1-17(2)22(28-25(32)34-26(3,4)5)23(29)27-21(24(30)31)15-19-12-9-13-20(14-19)33-16-18-10-7-6-8-11-18/h6-14,17,21-22H,15-16H2,1-5H3,(H,27,29)(H,28,32)(H,30,31)/t21-,22-/m0/s1. The van der Waals surface area contributed by atoms with Crippen LogP contribution >= 0.6 is 0 Å². The number of ether oxygens (including phenoxy) is 2. The molecular weight excluding hydrogens is 436 g/mol. The molecule has 2 atom stereocenters. The van der Waals surface area contributed by atoms with Crippen LogP contribution in [0.5, 0.6) is 5.75 Å². The molecule has 0 saturated carbocycles. The quantitative estimate of drug-likeness (QED) is 0.485. The molecule has 2 amide bonds. The molecule has 0 bridgehead atoms. The predicted octanol–water partition coefficient (Wildman–Crippen LogP) is 3.93. The molecule has 2 aromatic rings. The Kier molecular flexibility index (Phi) is 9.47. The van der Waals surface area contributed by atoms with E-state index in [0.717, 1.165) is 5.56 Å². The molecule has 0 aliphatic rings. The maximum absolute atomic E-state index is 12.8. The number of benzene rings is 2. The average Bonchev–Trinajstić information content (AvgIpc) is 2.75. The Morgan fingerprint density at radius 3 is 2.18 bits per heavy atom. The first-order valence-electron chi connectivity index (χ1n) is 11.2. The van der Waals surface area contributed by atoms with Gasteiger partial charge in [-0.3, -0.25) is 4.79 Å². The maximum atomic E-state index is 12.8. The molecular formula is C26H34N2O6. The van der Waals surface area contributed by atoms with Gasteiger partial charge in [-0.05, 0) is 49.9 Å². The summed E-state index contributed by atoms with van der Waals surface area (Å²) in [4.78, 5) is 36.9. The van der Waals surface area contributed by atoms with E-state index in [-0.39, 0.29) is 12.3 Å². The fourth-order valence-corrected chi connectivity index (χ4v) is 3.17. The van der Waals surface area contributed by atoms with Gasteiger partial charge in [0.15, 0.2) is 0 Å². The van der Waals surface area contributed by atoms with Crippen molar-refractivity contribution in [3.63, 3.8) is 0 Å². The predicted molar refractivity (Wildman–Crippen MR) is 128 cm³/mol. The van der Waals surface area contributed by atoms with Gasteiger partial charge in [0.1, 0.15) is 30.0 Å². The summed E-state index contributed by atoms with van der Waals surface area (Å²) < 4.78 is 11.0. The lowest BCUT2D eigenvalue weighted by Gasteiger charge is -2.26. The number of carbonyl (C=O) groups is 3. The van der Waals surface area contributed by atoms with Gasteiger partial charge in [-0.1, -0.05) is 56.3 Å². The largest absolute Gasteiger partial charge is 0.489 e. The molecule has 8 heteroatoms.